The smallest absolute Gasteiger partial charge is 0.0548 e. The molecular formula is C63H44N2. The summed E-state index contributed by atoms with van der Waals surface area (Å²) in [7, 11) is 0. The molecule has 1 heterocycles. The molecule has 65 heavy (non-hydrogen) atoms. The molecule has 2 nitrogen and oxygen atoms in total. The first-order valence-corrected chi connectivity index (χ1v) is 22.5. The van der Waals surface area contributed by atoms with Crippen LogP contribution in [0.5, 0.6) is 0 Å². The minimum absolute atomic E-state index is 0.695. The van der Waals surface area contributed by atoms with Gasteiger partial charge in [0.15, 0.2) is 0 Å². The first-order chi connectivity index (χ1) is 32.3. The molecule has 0 unspecified atom stereocenters. The third-order valence-electron chi connectivity index (χ3n) is 13.1. The molecule has 11 aromatic carbocycles. The summed E-state index contributed by atoms with van der Waals surface area (Å²) in [5.74, 6) is 0. The molecule has 0 aliphatic carbocycles. The van der Waals surface area contributed by atoms with Gasteiger partial charge in [-0.2, -0.15) is 0 Å². The largest absolute Gasteiger partial charge is 0.337 e. The molecule has 0 bridgehead atoms. The first kappa shape index (κ1) is 38.2. The quantitative estimate of drug-likeness (QED) is 0.141. The van der Waals surface area contributed by atoms with E-state index in [1.165, 1.54) is 87.9 Å². The van der Waals surface area contributed by atoms with Gasteiger partial charge in [-0.05, 0) is 109 Å². The van der Waals surface area contributed by atoms with Crippen LogP contribution < -0.4 is 4.90 Å². The Morgan fingerprint density at radius 1 is 0.292 bits per heavy atom. The second-order valence-corrected chi connectivity index (χ2v) is 16.8. The van der Waals surface area contributed by atoms with E-state index in [1.807, 2.05) is 0 Å². The molecule has 0 aliphatic heterocycles. The van der Waals surface area contributed by atoms with Crippen molar-refractivity contribution >= 4 is 54.7 Å². The summed E-state index contributed by atoms with van der Waals surface area (Å²) in [4.78, 5) is 2.46. The van der Waals surface area contributed by atoms with Gasteiger partial charge >= 0.3 is 0 Å². The van der Waals surface area contributed by atoms with E-state index >= 15 is 0 Å². The molecule has 0 atom stereocenters. The fourth-order valence-electron chi connectivity index (χ4n) is 10.0. The summed E-state index contributed by atoms with van der Waals surface area (Å²) < 4.78 is 2.47. The van der Waals surface area contributed by atoms with Crippen LogP contribution in [-0.2, 0) is 6.54 Å². The molecule has 0 N–H and O–H groups in total. The van der Waals surface area contributed by atoms with Crippen molar-refractivity contribution in [2.45, 2.75) is 6.54 Å². The van der Waals surface area contributed by atoms with Crippen molar-refractivity contribution < 1.29 is 0 Å². The predicted octanol–water partition coefficient (Wildman–Crippen LogP) is 17.1. The van der Waals surface area contributed by atoms with Crippen LogP contribution in [0.15, 0.2) is 255 Å². The zero-order valence-corrected chi connectivity index (χ0v) is 35.9. The van der Waals surface area contributed by atoms with Crippen molar-refractivity contribution in [3.63, 3.8) is 0 Å². The van der Waals surface area contributed by atoms with Crippen LogP contribution in [0, 0.1) is 0 Å². The van der Waals surface area contributed by atoms with Gasteiger partial charge in [-0.15, -0.1) is 0 Å². The minimum atomic E-state index is 0.695. The van der Waals surface area contributed by atoms with Crippen molar-refractivity contribution in [1.29, 1.82) is 0 Å². The molecule has 0 saturated heterocycles. The molecule has 0 radical (unpaired) electrons. The van der Waals surface area contributed by atoms with E-state index in [0.29, 0.717) is 6.54 Å². The van der Waals surface area contributed by atoms with Crippen molar-refractivity contribution in [3.05, 3.63) is 260 Å². The third-order valence-corrected chi connectivity index (χ3v) is 13.1. The van der Waals surface area contributed by atoms with E-state index in [9.17, 15) is 0 Å². The lowest BCUT2D eigenvalue weighted by atomic mass is 9.94. The Labute approximate surface area is 379 Å². The highest BCUT2D eigenvalue weighted by atomic mass is 15.1. The van der Waals surface area contributed by atoms with E-state index in [4.69, 9.17) is 0 Å². The summed E-state index contributed by atoms with van der Waals surface area (Å²) in [6.45, 7) is 0.695. The molecule has 0 saturated carbocycles. The van der Waals surface area contributed by atoms with Gasteiger partial charge in [-0.1, -0.05) is 212 Å². The van der Waals surface area contributed by atoms with E-state index in [-0.39, 0.29) is 0 Å². The Bertz CT molecular complexity index is 3650. The Balaban J connectivity index is 0.979. The Morgan fingerprint density at radius 2 is 0.815 bits per heavy atom. The molecule has 12 aromatic rings. The minimum Gasteiger partial charge on any atom is -0.337 e. The third kappa shape index (κ3) is 6.84. The Hall–Kier alpha value is -8.46. The number of fused-ring (bicyclic) bond motifs is 6. The zero-order chi connectivity index (χ0) is 43.1. The number of aromatic nitrogens is 1. The van der Waals surface area contributed by atoms with E-state index in [1.54, 1.807) is 0 Å². The van der Waals surface area contributed by atoms with Crippen molar-refractivity contribution in [1.82, 2.24) is 4.57 Å². The summed E-state index contributed by atoms with van der Waals surface area (Å²) >= 11 is 0. The first-order valence-electron chi connectivity index (χ1n) is 22.5. The van der Waals surface area contributed by atoms with Crippen LogP contribution in [-0.4, -0.2) is 4.57 Å². The second kappa shape index (κ2) is 16.3. The highest BCUT2D eigenvalue weighted by molar-refractivity contribution is 6.25. The van der Waals surface area contributed by atoms with E-state index in [0.717, 1.165) is 22.6 Å². The van der Waals surface area contributed by atoms with Crippen LogP contribution in [0.25, 0.3) is 93.5 Å². The van der Waals surface area contributed by atoms with Gasteiger partial charge in [0.2, 0.25) is 0 Å². The molecule has 0 spiro atoms. The number of anilines is 2. The average Bonchev–Trinajstić information content (AvgIpc) is 3.73. The standard InChI is InChI=1S/C63H44N2/c1-3-17-44(18-4-1)45-33-38-51(39-34-45)64(43-50-22-8-10-26-54(50)57-30-15-23-46-21-7-9-25-53(46)57)52-40-35-48(36-41-52)55-27-11-13-31-59(55)65-60-32-14-12-28-58(60)63-61(65)42-37-49-24-16-29-56(62(49)63)47-19-5-2-6-20-47/h1-42H,43H2. The van der Waals surface area contributed by atoms with Crippen molar-refractivity contribution in [2.75, 3.05) is 4.90 Å². The molecular weight excluding hydrogens is 785 g/mol. The monoisotopic (exact) mass is 828 g/mol. The van der Waals surface area contributed by atoms with Gasteiger partial charge in [-0.3, -0.25) is 0 Å². The molecule has 0 fully saturated rings. The topological polar surface area (TPSA) is 8.17 Å². The van der Waals surface area contributed by atoms with Crippen LogP contribution >= 0.6 is 0 Å². The van der Waals surface area contributed by atoms with Gasteiger partial charge in [-0.25, -0.2) is 0 Å². The number of rotatable bonds is 9. The summed E-state index contributed by atoms with van der Waals surface area (Å²) in [5.41, 5.74) is 16.8. The van der Waals surface area contributed by atoms with Gasteiger partial charge < -0.3 is 9.47 Å². The van der Waals surface area contributed by atoms with Gasteiger partial charge in [0.1, 0.15) is 0 Å². The fourth-order valence-corrected chi connectivity index (χ4v) is 10.0. The lowest BCUT2D eigenvalue weighted by Gasteiger charge is -2.27. The lowest BCUT2D eigenvalue weighted by molar-refractivity contribution is 0.978. The fraction of sp³-hybridized carbons (Fsp3) is 0.0159. The summed E-state index contributed by atoms with van der Waals surface area (Å²) in [6, 6.07) is 92.9. The van der Waals surface area contributed by atoms with Crippen LogP contribution in [0.4, 0.5) is 11.4 Å². The van der Waals surface area contributed by atoms with Crippen molar-refractivity contribution in [3.8, 4) is 50.2 Å². The zero-order valence-electron chi connectivity index (χ0n) is 35.9. The van der Waals surface area contributed by atoms with Crippen molar-refractivity contribution in [2.24, 2.45) is 0 Å². The number of hydrogen-bond acceptors (Lipinski definition) is 1. The van der Waals surface area contributed by atoms with Crippen LogP contribution in [0.3, 0.4) is 0 Å². The van der Waals surface area contributed by atoms with E-state index < -0.39 is 0 Å². The number of benzene rings is 11. The summed E-state index contributed by atoms with van der Waals surface area (Å²) in [5, 5.41) is 7.56. The Morgan fingerprint density at radius 3 is 1.58 bits per heavy atom. The van der Waals surface area contributed by atoms with Gasteiger partial charge in [0.25, 0.3) is 0 Å². The van der Waals surface area contributed by atoms with Gasteiger partial charge in [0.05, 0.1) is 16.7 Å². The van der Waals surface area contributed by atoms with Crippen LogP contribution in [0.2, 0.25) is 0 Å². The normalized spacial score (nSPS) is 11.4. The summed E-state index contributed by atoms with van der Waals surface area (Å²) in [6.07, 6.45) is 0. The number of hydrogen-bond donors (Lipinski definition) is 0. The molecule has 2 heteroatoms. The highest BCUT2D eigenvalue weighted by Crippen LogP contribution is 2.43. The maximum absolute atomic E-state index is 2.47. The molecule has 12 rings (SSSR count). The van der Waals surface area contributed by atoms with E-state index in [2.05, 4.69) is 264 Å². The molecule has 306 valence electrons. The lowest BCUT2D eigenvalue weighted by Crippen LogP contribution is -2.17. The molecule has 0 aliphatic rings. The second-order valence-electron chi connectivity index (χ2n) is 16.8. The SMILES string of the molecule is c1ccc(-c2ccc(N(Cc3ccccc3-c3cccc4ccccc34)c3ccc(-c4ccccc4-n4c5ccccc5c5c6c(-c7ccccc7)cccc6ccc54)cc3)cc2)cc1. The number of nitrogens with zero attached hydrogens (tertiary/aromatic N) is 2. The maximum Gasteiger partial charge on any atom is 0.0548 e. The van der Waals surface area contributed by atoms with Gasteiger partial charge in [0, 0.05) is 34.3 Å². The Kier molecular flexibility index (Phi) is 9.61. The maximum atomic E-state index is 2.47. The van der Waals surface area contributed by atoms with Crippen LogP contribution in [0.1, 0.15) is 5.56 Å². The predicted molar refractivity (Wildman–Crippen MR) is 276 cm³/mol. The molecule has 0 amide bonds. The average molecular weight is 829 g/mol. The molecule has 1 aromatic heterocycles. The number of para-hydroxylation sites is 2. The highest BCUT2D eigenvalue weighted by Gasteiger charge is 2.20.